The highest BCUT2D eigenvalue weighted by Gasteiger charge is 2.20. The third-order valence-electron chi connectivity index (χ3n) is 8.84. The number of hydrogen-bond acceptors (Lipinski definition) is 2. The van der Waals surface area contributed by atoms with E-state index in [1.165, 1.54) is 84.3 Å². The maximum absolute atomic E-state index is 3.78. The van der Waals surface area contributed by atoms with Crippen molar-refractivity contribution in [2.24, 2.45) is 0 Å². The maximum Gasteiger partial charge on any atom is 0.0634 e. The SMILES string of the molecule is Brc1ccc2c(c1)c1ccn(-c3cccc4c3sc3ccccc34)c1c1ccn(-c3cccc4c3sc3ccccc34)c21. The van der Waals surface area contributed by atoms with E-state index in [4.69, 9.17) is 0 Å². The Bertz CT molecular complexity index is 2760. The van der Waals surface area contributed by atoms with Crippen LogP contribution in [0.1, 0.15) is 0 Å². The molecule has 0 saturated heterocycles. The molecule has 5 heteroatoms. The summed E-state index contributed by atoms with van der Waals surface area (Å²) in [4.78, 5) is 0. The van der Waals surface area contributed by atoms with E-state index in [-0.39, 0.29) is 0 Å². The Morgan fingerprint density at radius 3 is 1.53 bits per heavy atom. The Morgan fingerprint density at radius 1 is 0.419 bits per heavy atom. The molecule has 0 spiro atoms. The molecule has 10 aromatic rings. The monoisotopic (exact) mass is 648 g/mol. The lowest BCUT2D eigenvalue weighted by atomic mass is 10.0. The quantitative estimate of drug-likeness (QED) is 0.176. The van der Waals surface area contributed by atoms with Gasteiger partial charge in [0, 0.05) is 64.0 Å². The van der Waals surface area contributed by atoms with Crippen molar-refractivity contribution in [2.75, 3.05) is 0 Å². The summed E-state index contributed by atoms with van der Waals surface area (Å²) in [6.07, 6.45) is 4.52. The molecule has 2 nitrogen and oxygen atoms in total. The second-order valence-corrected chi connectivity index (χ2v) is 14.1. The number of nitrogens with zero attached hydrogens (tertiary/aromatic N) is 2. The zero-order valence-corrected chi connectivity index (χ0v) is 25.9. The molecule has 0 aliphatic carbocycles. The molecule has 0 bridgehead atoms. The van der Waals surface area contributed by atoms with E-state index < -0.39 is 0 Å². The van der Waals surface area contributed by atoms with Crippen LogP contribution in [0.4, 0.5) is 0 Å². The smallest absolute Gasteiger partial charge is 0.0634 e. The number of aromatic nitrogens is 2. The normalized spacial score (nSPS) is 12.3. The van der Waals surface area contributed by atoms with Gasteiger partial charge in [0.05, 0.1) is 31.8 Å². The molecule has 0 fully saturated rings. The van der Waals surface area contributed by atoms with E-state index in [2.05, 4.69) is 153 Å². The molecule has 0 amide bonds. The Labute approximate surface area is 262 Å². The van der Waals surface area contributed by atoms with Crippen molar-refractivity contribution in [3.05, 3.63) is 132 Å². The molecule has 4 aromatic heterocycles. The van der Waals surface area contributed by atoms with E-state index >= 15 is 0 Å². The number of thiophene rings is 2. The molecule has 0 N–H and O–H groups in total. The zero-order valence-electron chi connectivity index (χ0n) is 22.7. The highest BCUT2D eigenvalue weighted by molar-refractivity contribution is 9.10. The van der Waals surface area contributed by atoms with E-state index in [0.717, 1.165) is 4.47 Å². The number of hydrogen-bond donors (Lipinski definition) is 0. The second-order valence-electron chi connectivity index (χ2n) is 11.1. The summed E-state index contributed by atoms with van der Waals surface area (Å²) in [7, 11) is 0. The van der Waals surface area contributed by atoms with Crippen LogP contribution in [0.15, 0.2) is 132 Å². The van der Waals surface area contributed by atoms with Crippen LogP contribution in [0, 0.1) is 0 Å². The van der Waals surface area contributed by atoms with Crippen molar-refractivity contribution in [3.63, 3.8) is 0 Å². The molecule has 0 atom stereocenters. The second kappa shape index (κ2) is 8.80. The van der Waals surface area contributed by atoms with E-state index in [9.17, 15) is 0 Å². The molecule has 6 aromatic carbocycles. The van der Waals surface area contributed by atoms with Crippen LogP contribution in [-0.4, -0.2) is 9.13 Å². The third-order valence-corrected chi connectivity index (χ3v) is 11.8. The predicted molar refractivity (Wildman–Crippen MR) is 191 cm³/mol. The van der Waals surface area contributed by atoms with Crippen molar-refractivity contribution in [3.8, 4) is 11.4 Å². The molecular formula is C38H21BrN2S2. The standard InChI is InChI=1S/C38H21BrN2S2/c39-22-15-16-25-30(21-22)26-17-19-40(31-11-5-9-27-23-7-1-3-13-33(23)42-37(27)31)36(26)29-18-20-41(35(25)29)32-12-6-10-28-24-8-2-4-14-34(24)43-38(28)32/h1-21H. The summed E-state index contributed by atoms with van der Waals surface area (Å²) in [6.45, 7) is 0. The molecule has 10 rings (SSSR count). The van der Waals surface area contributed by atoms with Crippen molar-refractivity contribution in [1.29, 1.82) is 0 Å². The fraction of sp³-hybridized carbons (Fsp3) is 0. The largest absolute Gasteiger partial charge is 0.314 e. The molecular weight excluding hydrogens is 628 g/mol. The molecule has 0 unspecified atom stereocenters. The van der Waals surface area contributed by atoms with Crippen molar-refractivity contribution < 1.29 is 0 Å². The Kier molecular flexibility index (Phi) is 4.93. The van der Waals surface area contributed by atoms with Crippen LogP contribution in [0.2, 0.25) is 0 Å². The lowest BCUT2D eigenvalue weighted by Crippen LogP contribution is -1.96. The lowest BCUT2D eigenvalue weighted by molar-refractivity contribution is 1.15. The molecule has 0 aliphatic rings. The van der Waals surface area contributed by atoms with Gasteiger partial charge in [0.1, 0.15) is 0 Å². The third kappa shape index (κ3) is 3.27. The van der Waals surface area contributed by atoms with Crippen LogP contribution >= 0.6 is 38.6 Å². The van der Waals surface area contributed by atoms with Crippen LogP contribution in [0.3, 0.4) is 0 Å². The molecule has 0 saturated carbocycles. The first-order chi connectivity index (χ1) is 21.2. The van der Waals surface area contributed by atoms with E-state index in [0.29, 0.717) is 0 Å². The molecule has 202 valence electrons. The van der Waals surface area contributed by atoms with E-state index in [1.807, 2.05) is 22.7 Å². The minimum atomic E-state index is 1.09. The van der Waals surface area contributed by atoms with Gasteiger partial charge >= 0.3 is 0 Å². The van der Waals surface area contributed by atoms with Crippen molar-refractivity contribution in [1.82, 2.24) is 9.13 Å². The summed E-state index contributed by atoms with van der Waals surface area (Å²) in [5.41, 5.74) is 4.93. The Hall–Kier alpha value is -4.42. The molecule has 0 radical (unpaired) electrons. The van der Waals surface area contributed by atoms with Crippen LogP contribution < -0.4 is 0 Å². The number of benzene rings is 6. The van der Waals surface area contributed by atoms with Gasteiger partial charge in [-0.3, -0.25) is 0 Å². The first-order valence-electron chi connectivity index (χ1n) is 14.3. The van der Waals surface area contributed by atoms with Gasteiger partial charge in [0.15, 0.2) is 0 Å². The fourth-order valence-electron chi connectivity index (χ4n) is 7.01. The van der Waals surface area contributed by atoms with Crippen LogP contribution in [0.5, 0.6) is 0 Å². The number of fused-ring (bicyclic) bond motifs is 12. The highest BCUT2D eigenvalue weighted by Crippen LogP contribution is 2.44. The highest BCUT2D eigenvalue weighted by atomic mass is 79.9. The molecule has 43 heavy (non-hydrogen) atoms. The van der Waals surface area contributed by atoms with Gasteiger partial charge in [-0.05, 0) is 53.9 Å². The maximum atomic E-state index is 3.78. The summed E-state index contributed by atoms with van der Waals surface area (Å²) in [5, 5.41) is 10.3. The topological polar surface area (TPSA) is 9.86 Å². The van der Waals surface area contributed by atoms with Crippen molar-refractivity contribution >= 4 is 112 Å². The zero-order chi connectivity index (χ0) is 28.2. The summed E-state index contributed by atoms with van der Waals surface area (Å²) in [5.74, 6) is 0. The lowest BCUT2D eigenvalue weighted by Gasteiger charge is -2.13. The minimum absolute atomic E-state index is 1.09. The van der Waals surface area contributed by atoms with E-state index in [1.54, 1.807) is 0 Å². The van der Waals surface area contributed by atoms with Gasteiger partial charge in [-0.15, -0.1) is 22.7 Å². The van der Waals surface area contributed by atoms with Crippen LogP contribution in [-0.2, 0) is 0 Å². The first kappa shape index (κ1) is 24.1. The fourth-order valence-corrected chi connectivity index (χ4v) is 9.80. The van der Waals surface area contributed by atoms with Crippen LogP contribution in [0.25, 0.3) is 84.3 Å². The minimum Gasteiger partial charge on any atom is -0.314 e. The van der Waals surface area contributed by atoms with Gasteiger partial charge in [-0.2, -0.15) is 0 Å². The van der Waals surface area contributed by atoms with Gasteiger partial charge in [-0.1, -0.05) is 82.7 Å². The van der Waals surface area contributed by atoms with Gasteiger partial charge < -0.3 is 9.13 Å². The molecule has 0 aliphatic heterocycles. The van der Waals surface area contributed by atoms with Crippen molar-refractivity contribution in [2.45, 2.75) is 0 Å². The summed E-state index contributed by atoms with van der Waals surface area (Å²) in [6, 6.07) is 42.3. The van der Waals surface area contributed by atoms with Gasteiger partial charge in [0.2, 0.25) is 0 Å². The Morgan fingerprint density at radius 2 is 0.930 bits per heavy atom. The van der Waals surface area contributed by atoms with Gasteiger partial charge in [0.25, 0.3) is 0 Å². The summed E-state index contributed by atoms with van der Waals surface area (Å²) >= 11 is 7.54. The molecule has 4 heterocycles. The summed E-state index contributed by atoms with van der Waals surface area (Å²) < 4.78 is 11.2. The Balaban J connectivity index is 1.35. The first-order valence-corrected chi connectivity index (χ1v) is 16.7. The average Bonchev–Trinajstić information content (AvgIpc) is 3.83. The van der Waals surface area contributed by atoms with Gasteiger partial charge in [-0.25, -0.2) is 0 Å². The average molecular weight is 650 g/mol. The number of halogens is 1. The number of rotatable bonds is 2. The predicted octanol–water partition coefficient (Wildman–Crippen LogP) is 12.2.